The fourth-order valence-electron chi connectivity index (χ4n) is 2.48. The SMILES string of the molecule is CC(C)N1CCC(CNc2ccc(C#N)c(F)c2)C1. The number of anilines is 1. The number of halogens is 1. The van der Waals surface area contributed by atoms with Gasteiger partial charge in [0, 0.05) is 24.8 Å². The zero-order valence-electron chi connectivity index (χ0n) is 11.5. The summed E-state index contributed by atoms with van der Waals surface area (Å²) in [6.45, 7) is 7.53. The van der Waals surface area contributed by atoms with E-state index in [1.165, 1.54) is 18.6 Å². The molecule has 0 bridgehead atoms. The molecule has 1 heterocycles. The molecule has 1 saturated heterocycles. The maximum absolute atomic E-state index is 13.4. The molecule has 0 aromatic heterocycles. The average molecular weight is 261 g/mol. The molecule has 1 aliphatic rings. The Hall–Kier alpha value is -1.60. The highest BCUT2D eigenvalue weighted by Crippen LogP contribution is 2.20. The predicted octanol–water partition coefficient (Wildman–Crippen LogP) is 2.84. The van der Waals surface area contributed by atoms with Gasteiger partial charge in [0.2, 0.25) is 0 Å². The summed E-state index contributed by atoms with van der Waals surface area (Å²) in [4.78, 5) is 2.46. The molecular weight excluding hydrogens is 241 g/mol. The summed E-state index contributed by atoms with van der Waals surface area (Å²) in [6.07, 6.45) is 1.18. The van der Waals surface area contributed by atoms with Crippen molar-refractivity contribution in [3.8, 4) is 6.07 Å². The summed E-state index contributed by atoms with van der Waals surface area (Å²) in [5.41, 5.74) is 0.844. The molecule has 0 aliphatic carbocycles. The molecule has 3 nitrogen and oxygen atoms in total. The van der Waals surface area contributed by atoms with Gasteiger partial charge in [0.25, 0.3) is 0 Å². The van der Waals surface area contributed by atoms with Gasteiger partial charge in [0.1, 0.15) is 11.9 Å². The quantitative estimate of drug-likeness (QED) is 0.906. The number of nitrogens with one attached hydrogen (secondary N) is 1. The lowest BCUT2D eigenvalue weighted by molar-refractivity contribution is 0.266. The lowest BCUT2D eigenvalue weighted by atomic mass is 10.1. The fourth-order valence-corrected chi connectivity index (χ4v) is 2.48. The number of nitriles is 1. The predicted molar refractivity (Wildman–Crippen MR) is 74.4 cm³/mol. The van der Waals surface area contributed by atoms with Crippen molar-refractivity contribution in [1.29, 1.82) is 5.26 Å². The van der Waals surface area contributed by atoms with Crippen molar-refractivity contribution in [2.75, 3.05) is 25.0 Å². The Balaban J connectivity index is 1.87. The molecule has 1 atom stereocenters. The zero-order valence-corrected chi connectivity index (χ0v) is 11.5. The van der Waals surface area contributed by atoms with Crippen LogP contribution >= 0.6 is 0 Å². The normalized spacial score (nSPS) is 19.6. The van der Waals surface area contributed by atoms with Gasteiger partial charge in [-0.1, -0.05) is 0 Å². The van der Waals surface area contributed by atoms with Crippen LogP contribution in [0.2, 0.25) is 0 Å². The van der Waals surface area contributed by atoms with Crippen LogP contribution in [0.4, 0.5) is 10.1 Å². The van der Waals surface area contributed by atoms with Gasteiger partial charge in [-0.05, 0) is 50.9 Å². The van der Waals surface area contributed by atoms with Gasteiger partial charge >= 0.3 is 0 Å². The highest BCUT2D eigenvalue weighted by Gasteiger charge is 2.23. The molecule has 1 aromatic rings. The lowest BCUT2D eigenvalue weighted by Crippen LogP contribution is -2.29. The van der Waals surface area contributed by atoms with Crippen molar-refractivity contribution in [3.63, 3.8) is 0 Å². The summed E-state index contributed by atoms with van der Waals surface area (Å²) < 4.78 is 13.4. The number of hydrogen-bond acceptors (Lipinski definition) is 3. The molecule has 0 radical (unpaired) electrons. The Morgan fingerprint density at radius 3 is 2.89 bits per heavy atom. The standard InChI is InChI=1S/C15H20FN3/c1-11(2)19-6-5-12(10-19)9-18-14-4-3-13(8-17)15(16)7-14/h3-4,7,11-12,18H,5-6,9-10H2,1-2H3. The summed E-state index contributed by atoms with van der Waals surface area (Å²) >= 11 is 0. The molecule has 1 aromatic carbocycles. The monoisotopic (exact) mass is 261 g/mol. The molecule has 0 spiro atoms. The van der Waals surface area contributed by atoms with Crippen molar-refractivity contribution in [2.45, 2.75) is 26.3 Å². The van der Waals surface area contributed by atoms with E-state index < -0.39 is 5.82 Å². The summed E-state index contributed by atoms with van der Waals surface area (Å²) in [5.74, 6) is 0.156. The van der Waals surface area contributed by atoms with Crippen molar-refractivity contribution < 1.29 is 4.39 Å². The second-order valence-electron chi connectivity index (χ2n) is 5.43. The van der Waals surface area contributed by atoms with Gasteiger partial charge in [-0.25, -0.2) is 4.39 Å². The molecule has 1 unspecified atom stereocenters. The van der Waals surface area contributed by atoms with Gasteiger partial charge in [0.05, 0.1) is 5.56 Å². The van der Waals surface area contributed by atoms with Crippen LogP contribution in [0, 0.1) is 23.1 Å². The molecule has 2 rings (SSSR count). The van der Waals surface area contributed by atoms with E-state index >= 15 is 0 Å². The van der Waals surface area contributed by atoms with Crippen LogP contribution < -0.4 is 5.32 Å². The van der Waals surface area contributed by atoms with E-state index in [1.807, 2.05) is 6.07 Å². The number of likely N-dealkylation sites (tertiary alicyclic amines) is 1. The van der Waals surface area contributed by atoms with E-state index in [1.54, 1.807) is 6.07 Å². The first-order valence-corrected chi connectivity index (χ1v) is 6.77. The number of hydrogen-bond donors (Lipinski definition) is 1. The van der Waals surface area contributed by atoms with E-state index in [9.17, 15) is 4.39 Å². The first-order valence-electron chi connectivity index (χ1n) is 6.77. The van der Waals surface area contributed by atoms with E-state index in [2.05, 4.69) is 24.1 Å². The number of nitrogens with zero attached hydrogens (tertiary/aromatic N) is 2. The van der Waals surface area contributed by atoms with Crippen LogP contribution in [0.3, 0.4) is 0 Å². The van der Waals surface area contributed by atoms with Gasteiger partial charge in [-0.15, -0.1) is 0 Å². The third-order valence-electron chi connectivity index (χ3n) is 3.73. The van der Waals surface area contributed by atoms with Gasteiger partial charge in [-0.3, -0.25) is 0 Å². The van der Waals surface area contributed by atoms with Crippen LogP contribution in [0.5, 0.6) is 0 Å². The molecule has 1 N–H and O–H groups in total. The minimum Gasteiger partial charge on any atom is -0.385 e. The minimum atomic E-state index is -0.456. The van der Waals surface area contributed by atoms with E-state index in [0.717, 1.165) is 25.3 Å². The molecule has 0 saturated carbocycles. The van der Waals surface area contributed by atoms with Gasteiger partial charge < -0.3 is 10.2 Å². The highest BCUT2D eigenvalue weighted by atomic mass is 19.1. The largest absolute Gasteiger partial charge is 0.385 e. The van der Waals surface area contributed by atoms with E-state index in [4.69, 9.17) is 5.26 Å². The van der Waals surface area contributed by atoms with Crippen LogP contribution in [0.25, 0.3) is 0 Å². The smallest absolute Gasteiger partial charge is 0.143 e. The molecule has 19 heavy (non-hydrogen) atoms. The van der Waals surface area contributed by atoms with Crippen molar-refractivity contribution >= 4 is 5.69 Å². The van der Waals surface area contributed by atoms with Crippen molar-refractivity contribution in [2.24, 2.45) is 5.92 Å². The fraction of sp³-hybridized carbons (Fsp3) is 0.533. The topological polar surface area (TPSA) is 39.1 Å². The first-order chi connectivity index (χ1) is 9.10. The van der Waals surface area contributed by atoms with E-state index in [0.29, 0.717) is 12.0 Å². The number of rotatable bonds is 4. The third kappa shape index (κ3) is 3.45. The Kier molecular flexibility index (Phi) is 4.39. The maximum Gasteiger partial charge on any atom is 0.143 e. The Bertz CT molecular complexity index is 479. The van der Waals surface area contributed by atoms with E-state index in [-0.39, 0.29) is 5.56 Å². The molecule has 4 heteroatoms. The van der Waals surface area contributed by atoms with Gasteiger partial charge in [0.15, 0.2) is 0 Å². The van der Waals surface area contributed by atoms with Crippen LogP contribution in [0.15, 0.2) is 18.2 Å². The number of benzene rings is 1. The zero-order chi connectivity index (χ0) is 13.8. The Morgan fingerprint density at radius 2 is 2.32 bits per heavy atom. The van der Waals surface area contributed by atoms with Crippen LogP contribution in [-0.4, -0.2) is 30.6 Å². The summed E-state index contributed by atoms with van der Waals surface area (Å²) in [6, 6.07) is 7.10. The van der Waals surface area contributed by atoms with Crippen LogP contribution in [-0.2, 0) is 0 Å². The first kappa shape index (κ1) is 13.8. The van der Waals surface area contributed by atoms with Crippen molar-refractivity contribution in [1.82, 2.24) is 4.90 Å². The molecule has 102 valence electrons. The third-order valence-corrected chi connectivity index (χ3v) is 3.73. The summed E-state index contributed by atoms with van der Waals surface area (Å²) in [7, 11) is 0. The summed E-state index contributed by atoms with van der Waals surface area (Å²) in [5, 5.41) is 11.9. The molecule has 0 amide bonds. The second kappa shape index (κ2) is 6.03. The second-order valence-corrected chi connectivity index (χ2v) is 5.43. The Morgan fingerprint density at radius 1 is 1.53 bits per heavy atom. The molecular formula is C15H20FN3. The molecule has 1 fully saturated rings. The maximum atomic E-state index is 13.4. The highest BCUT2D eigenvalue weighted by molar-refractivity contribution is 5.48. The average Bonchev–Trinajstić information content (AvgIpc) is 2.85. The molecule has 1 aliphatic heterocycles. The minimum absolute atomic E-state index is 0.0948. The van der Waals surface area contributed by atoms with Crippen LogP contribution in [0.1, 0.15) is 25.8 Å². The lowest BCUT2D eigenvalue weighted by Gasteiger charge is -2.20. The Labute approximate surface area is 114 Å². The van der Waals surface area contributed by atoms with Gasteiger partial charge in [-0.2, -0.15) is 5.26 Å². The van der Waals surface area contributed by atoms with Crippen molar-refractivity contribution in [3.05, 3.63) is 29.6 Å².